The number of amides is 1. The molecule has 0 unspecified atom stereocenters. The summed E-state index contributed by atoms with van der Waals surface area (Å²) in [6.07, 6.45) is 9.46. The van der Waals surface area contributed by atoms with E-state index in [4.69, 9.17) is 0 Å². The van der Waals surface area contributed by atoms with Gasteiger partial charge in [0.05, 0.1) is 5.56 Å². The molecule has 1 amide bonds. The predicted molar refractivity (Wildman–Crippen MR) is 77.3 cm³/mol. The van der Waals surface area contributed by atoms with Crippen LogP contribution in [0.15, 0.2) is 18.3 Å². The quantitative estimate of drug-likeness (QED) is 0.857. The minimum absolute atomic E-state index is 0.0223. The molecule has 1 fully saturated rings. The molecule has 0 bridgehead atoms. The number of hydrogen-bond donors (Lipinski definition) is 2. The number of nitrogens with zero attached hydrogens (tertiary/aromatic N) is 1. The van der Waals surface area contributed by atoms with Crippen LogP contribution in [0.4, 0.5) is 5.82 Å². The van der Waals surface area contributed by atoms with Crippen molar-refractivity contribution in [1.82, 2.24) is 10.3 Å². The van der Waals surface area contributed by atoms with Gasteiger partial charge in [-0.2, -0.15) is 0 Å². The average molecular weight is 261 g/mol. The summed E-state index contributed by atoms with van der Waals surface area (Å²) in [4.78, 5) is 16.1. The second kappa shape index (κ2) is 7.12. The predicted octanol–water partition coefficient (Wildman–Crippen LogP) is 2.82. The third kappa shape index (κ3) is 4.23. The van der Waals surface area contributed by atoms with E-state index in [1.54, 1.807) is 12.3 Å². The first kappa shape index (κ1) is 13.8. The number of carbonyl (C=O) groups excluding carboxylic acids is 1. The van der Waals surface area contributed by atoms with E-state index in [-0.39, 0.29) is 5.91 Å². The van der Waals surface area contributed by atoms with Crippen molar-refractivity contribution >= 4 is 11.7 Å². The van der Waals surface area contributed by atoms with Gasteiger partial charge in [-0.3, -0.25) is 4.79 Å². The zero-order chi connectivity index (χ0) is 13.5. The first-order chi connectivity index (χ1) is 9.29. The zero-order valence-electron chi connectivity index (χ0n) is 11.6. The van der Waals surface area contributed by atoms with Gasteiger partial charge in [0.1, 0.15) is 5.82 Å². The van der Waals surface area contributed by atoms with Crippen molar-refractivity contribution in [2.24, 2.45) is 5.92 Å². The first-order valence-electron chi connectivity index (χ1n) is 7.21. The highest BCUT2D eigenvalue weighted by atomic mass is 16.1. The maximum absolute atomic E-state index is 11.9. The lowest BCUT2D eigenvalue weighted by Crippen LogP contribution is -2.26. The van der Waals surface area contributed by atoms with Crippen molar-refractivity contribution in [1.29, 1.82) is 0 Å². The van der Waals surface area contributed by atoms with Crippen LogP contribution in [0.5, 0.6) is 0 Å². The largest absolute Gasteiger partial charge is 0.373 e. The number of nitrogens with one attached hydrogen (secondary N) is 2. The topological polar surface area (TPSA) is 54.0 Å². The number of rotatable bonds is 5. The van der Waals surface area contributed by atoms with E-state index < -0.39 is 0 Å². The lowest BCUT2D eigenvalue weighted by Gasteiger charge is -2.21. The molecule has 1 aliphatic carbocycles. The van der Waals surface area contributed by atoms with Gasteiger partial charge in [0.2, 0.25) is 0 Å². The molecular formula is C15H23N3O. The van der Waals surface area contributed by atoms with Crippen molar-refractivity contribution in [3.8, 4) is 0 Å². The Morgan fingerprint density at radius 1 is 1.32 bits per heavy atom. The highest BCUT2D eigenvalue weighted by molar-refractivity contribution is 5.93. The molecule has 1 aliphatic rings. The molecule has 0 aliphatic heterocycles. The van der Waals surface area contributed by atoms with E-state index in [0.717, 1.165) is 24.7 Å². The van der Waals surface area contributed by atoms with Crippen molar-refractivity contribution in [3.63, 3.8) is 0 Å². The number of carbonyl (C=O) groups is 1. The van der Waals surface area contributed by atoms with Gasteiger partial charge in [-0.1, -0.05) is 32.1 Å². The molecule has 1 aromatic heterocycles. The van der Waals surface area contributed by atoms with Gasteiger partial charge in [-0.25, -0.2) is 4.98 Å². The lowest BCUT2D eigenvalue weighted by atomic mass is 9.87. The number of anilines is 1. The normalized spacial score (nSPS) is 16.1. The fraction of sp³-hybridized carbons (Fsp3) is 0.600. The Hall–Kier alpha value is -1.58. The van der Waals surface area contributed by atoms with Gasteiger partial charge in [0.25, 0.3) is 5.91 Å². The van der Waals surface area contributed by atoms with Gasteiger partial charge in [-0.15, -0.1) is 0 Å². The summed E-state index contributed by atoms with van der Waals surface area (Å²) in [6, 6.07) is 3.62. The van der Waals surface area contributed by atoms with Crippen LogP contribution in [0.25, 0.3) is 0 Å². The summed E-state index contributed by atoms with van der Waals surface area (Å²) in [5.41, 5.74) is 0.627. The van der Waals surface area contributed by atoms with E-state index >= 15 is 0 Å². The summed E-state index contributed by atoms with van der Waals surface area (Å²) in [5, 5.41) is 5.92. The molecule has 0 atom stereocenters. The zero-order valence-corrected chi connectivity index (χ0v) is 11.6. The van der Waals surface area contributed by atoms with E-state index in [2.05, 4.69) is 15.6 Å². The Morgan fingerprint density at radius 2 is 2.11 bits per heavy atom. The molecule has 4 nitrogen and oxygen atoms in total. The Morgan fingerprint density at radius 3 is 2.74 bits per heavy atom. The van der Waals surface area contributed by atoms with Gasteiger partial charge in [0, 0.05) is 19.8 Å². The molecule has 2 rings (SSSR count). The van der Waals surface area contributed by atoms with Crippen molar-refractivity contribution in [2.75, 3.05) is 18.9 Å². The van der Waals surface area contributed by atoms with Crippen molar-refractivity contribution < 1.29 is 4.79 Å². The highest BCUT2D eigenvalue weighted by Crippen LogP contribution is 2.25. The molecule has 1 aromatic rings. The molecule has 4 heteroatoms. The smallest absolute Gasteiger partial charge is 0.252 e. The Balaban J connectivity index is 1.73. The van der Waals surface area contributed by atoms with E-state index in [0.29, 0.717) is 5.56 Å². The van der Waals surface area contributed by atoms with Crippen LogP contribution in [0, 0.1) is 5.92 Å². The SMILES string of the molecule is CNc1ccc(C(=O)NCCC2CCCCC2)cn1. The monoisotopic (exact) mass is 261 g/mol. The highest BCUT2D eigenvalue weighted by Gasteiger charge is 2.13. The third-order valence-electron chi connectivity index (χ3n) is 3.84. The summed E-state index contributed by atoms with van der Waals surface area (Å²) in [5.74, 6) is 1.56. The van der Waals surface area contributed by atoms with Crippen molar-refractivity contribution in [3.05, 3.63) is 23.9 Å². The van der Waals surface area contributed by atoms with E-state index in [1.807, 2.05) is 13.1 Å². The van der Waals surface area contributed by atoms with Crippen LogP contribution in [0.2, 0.25) is 0 Å². The molecule has 19 heavy (non-hydrogen) atoms. The Kier molecular flexibility index (Phi) is 5.19. The van der Waals surface area contributed by atoms with Crippen LogP contribution in [0.1, 0.15) is 48.9 Å². The molecule has 2 N–H and O–H groups in total. The summed E-state index contributed by atoms with van der Waals surface area (Å²) in [6.45, 7) is 0.775. The number of aromatic nitrogens is 1. The van der Waals surface area contributed by atoms with Gasteiger partial charge >= 0.3 is 0 Å². The molecule has 1 saturated carbocycles. The van der Waals surface area contributed by atoms with Gasteiger partial charge < -0.3 is 10.6 Å². The molecule has 1 heterocycles. The minimum atomic E-state index is -0.0223. The second-order valence-electron chi connectivity index (χ2n) is 5.23. The van der Waals surface area contributed by atoms with E-state index in [1.165, 1.54) is 32.1 Å². The molecular weight excluding hydrogens is 238 g/mol. The number of hydrogen-bond acceptors (Lipinski definition) is 3. The van der Waals surface area contributed by atoms with Crippen LogP contribution < -0.4 is 10.6 Å². The Labute approximate surface area is 115 Å². The van der Waals surface area contributed by atoms with Gasteiger partial charge in [0.15, 0.2) is 0 Å². The van der Waals surface area contributed by atoms with Crippen molar-refractivity contribution in [2.45, 2.75) is 38.5 Å². The molecule has 104 valence electrons. The summed E-state index contributed by atoms with van der Waals surface area (Å²) >= 11 is 0. The van der Waals surface area contributed by atoms with Gasteiger partial charge in [-0.05, 0) is 24.5 Å². The van der Waals surface area contributed by atoms with Crippen LogP contribution in [-0.2, 0) is 0 Å². The Bertz CT molecular complexity index is 396. The third-order valence-corrected chi connectivity index (χ3v) is 3.84. The molecule has 0 aromatic carbocycles. The lowest BCUT2D eigenvalue weighted by molar-refractivity contribution is 0.0950. The molecule has 0 spiro atoms. The second-order valence-corrected chi connectivity index (χ2v) is 5.23. The fourth-order valence-electron chi connectivity index (χ4n) is 2.64. The van der Waals surface area contributed by atoms with Crippen LogP contribution in [-0.4, -0.2) is 24.5 Å². The first-order valence-corrected chi connectivity index (χ1v) is 7.21. The molecule has 0 radical (unpaired) electrons. The fourth-order valence-corrected chi connectivity index (χ4v) is 2.64. The average Bonchev–Trinajstić information content (AvgIpc) is 2.48. The van der Waals surface area contributed by atoms with Crippen LogP contribution in [0.3, 0.4) is 0 Å². The van der Waals surface area contributed by atoms with Crippen LogP contribution >= 0.6 is 0 Å². The van der Waals surface area contributed by atoms with E-state index in [9.17, 15) is 4.79 Å². The molecule has 0 saturated heterocycles. The maximum Gasteiger partial charge on any atom is 0.252 e. The summed E-state index contributed by atoms with van der Waals surface area (Å²) < 4.78 is 0. The standard InChI is InChI=1S/C15H23N3O/c1-16-14-8-7-13(11-18-14)15(19)17-10-9-12-5-3-2-4-6-12/h7-8,11-12H,2-6,9-10H2,1H3,(H,16,18)(H,17,19). The minimum Gasteiger partial charge on any atom is -0.373 e. The summed E-state index contributed by atoms with van der Waals surface area (Å²) in [7, 11) is 1.81. The number of pyridine rings is 1. The maximum atomic E-state index is 11.9.